The highest BCUT2D eigenvalue weighted by Crippen LogP contribution is 2.31. The SMILES string of the molecule is CC(=N)c1cc(C(N)=O)c(F)cc1NC1CCN(C(C)c2cc(Cl)cc(Cl)c2)C1. The molecule has 0 aliphatic carbocycles. The number of nitrogens with two attached hydrogens (primary N) is 1. The summed E-state index contributed by atoms with van der Waals surface area (Å²) in [7, 11) is 0. The molecule has 2 atom stereocenters. The molecule has 0 aromatic heterocycles. The third-order valence-corrected chi connectivity index (χ3v) is 5.71. The molecule has 1 fully saturated rings. The molecule has 1 saturated heterocycles. The summed E-state index contributed by atoms with van der Waals surface area (Å²) in [6, 6.07) is 8.31. The monoisotopic (exact) mass is 436 g/mol. The molecule has 2 unspecified atom stereocenters. The summed E-state index contributed by atoms with van der Waals surface area (Å²) in [4.78, 5) is 13.7. The highest BCUT2D eigenvalue weighted by molar-refractivity contribution is 6.34. The van der Waals surface area contributed by atoms with Crippen LogP contribution in [0.3, 0.4) is 0 Å². The number of anilines is 1. The van der Waals surface area contributed by atoms with Crippen molar-refractivity contribution in [2.24, 2.45) is 5.73 Å². The normalized spacial score (nSPS) is 17.9. The minimum absolute atomic E-state index is 0.0732. The number of rotatable bonds is 6. The van der Waals surface area contributed by atoms with E-state index < -0.39 is 11.7 Å². The number of halogens is 3. The standard InChI is InChI=1S/C21H23Cl2FN4O/c1-11(25)17-8-18(21(26)29)19(24)9-20(17)27-16-3-4-28(10-16)12(2)13-5-14(22)7-15(23)6-13/h5-9,12,16,25,27H,3-4,10H2,1-2H3,(H2,26,29). The van der Waals surface area contributed by atoms with Gasteiger partial charge in [0.05, 0.1) is 5.56 Å². The van der Waals surface area contributed by atoms with Gasteiger partial charge in [-0.05, 0) is 56.2 Å². The maximum Gasteiger partial charge on any atom is 0.251 e. The van der Waals surface area contributed by atoms with E-state index in [2.05, 4.69) is 17.1 Å². The average molecular weight is 437 g/mol. The number of hydrogen-bond donors (Lipinski definition) is 3. The van der Waals surface area contributed by atoms with E-state index in [-0.39, 0.29) is 23.4 Å². The molecule has 154 valence electrons. The quantitative estimate of drug-likeness (QED) is 0.564. The lowest BCUT2D eigenvalue weighted by molar-refractivity contribution is 0.0996. The molecule has 8 heteroatoms. The van der Waals surface area contributed by atoms with Crippen LogP contribution in [0.2, 0.25) is 10.0 Å². The van der Waals surface area contributed by atoms with E-state index in [4.69, 9.17) is 34.3 Å². The summed E-state index contributed by atoms with van der Waals surface area (Å²) in [6.45, 7) is 5.28. The minimum Gasteiger partial charge on any atom is -0.380 e. The number of carbonyl (C=O) groups excluding carboxylic acids is 1. The molecule has 1 aliphatic rings. The van der Waals surface area contributed by atoms with E-state index in [0.717, 1.165) is 25.1 Å². The van der Waals surface area contributed by atoms with E-state index in [1.807, 2.05) is 12.1 Å². The van der Waals surface area contributed by atoms with Gasteiger partial charge in [-0.15, -0.1) is 0 Å². The fourth-order valence-electron chi connectivity index (χ4n) is 3.70. The summed E-state index contributed by atoms with van der Waals surface area (Å²) < 4.78 is 14.3. The van der Waals surface area contributed by atoms with Crippen LogP contribution in [-0.4, -0.2) is 35.7 Å². The highest BCUT2D eigenvalue weighted by Gasteiger charge is 2.28. The van der Waals surface area contributed by atoms with E-state index in [0.29, 0.717) is 21.3 Å². The van der Waals surface area contributed by atoms with Gasteiger partial charge < -0.3 is 16.5 Å². The van der Waals surface area contributed by atoms with Gasteiger partial charge in [0.1, 0.15) is 5.82 Å². The van der Waals surface area contributed by atoms with Crippen molar-refractivity contribution in [1.29, 1.82) is 5.41 Å². The predicted octanol–water partition coefficient (Wildman–Crippen LogP) is 4.87. The van der Waals surface area contributed by atoms with Gasteiger partial charge >= 0.3 is 0 Å². The number of amides is 1. The second-order valence-electron chi connectivity index (χ2n) is 7.37. The molecule has 0 bridgehead atoms. The Morgan fingerprint density at radius 3 is 2.48 bits per heavy atom. The number of likely N-dealkylation sites (tertiary alicyclic amines) is 1. The lowest BCUT2D eigenvalue weighted by Gasteiger charge is -2.25. The van der Waals surface area contributed by atoms with Gasteiger partial charge in [0.2, 0.25) is 0 Å². The van der Waals surface area contributed by atoms with E-state index in [1.54, 1.807) is 13.0 Å². The predicted molar refractivity (Wildman–Crippen MR) is 116 cm³/mol. The summed E-state index contributed by atoms with van der Waals surface area (Å²) in [6.07, 6.45) is 0.855. The Bertz CT molecular complexity index is 946. The Morgan fingerprint density at radius 1 is 1.24 bits per heavy atom. The number of hydrogen-bond acceptors (Lipinski definition) is 4. The van der Waals surface area contributed by atoms with Crippen molar-refractivity contribution >= 4 is 40.5 Å². The van der Waals surface area contributed by atoms with Crippen LogP contribution in [0.25, 0.3) is 0 Å². The molecule has 1 heterocycles. The summed E-state index contributed by atoms with van der Waals surface area (Å²) >= 11 is 12.3. The van der Waals surface area contributed by atoms with Gasteiger partial charge in [0.25, 0.3) is 5.91 Å². The zero-order chi connectivity index (χ0) is 21.3. The number of primary amides is 1. The van der Waals surface area contributed by atoms with Gasteiger partial charge in [-0.3, -0.25) is 9.69 Å². The molecule has 1 aliphatic heterocycles. The van der Waals surface area contributed by atoms with Crippen LogP contribution in [0.15, 0.2) is 30.3 Å². The first-order chi connectivity index (χ1) is 13.7. The zero-order valence-corrected chi connectivity index (χ0v) is 17.7. The molecular formula is C21H23Cl2FN4O. The minimum atomic E-state index is -0.849. The van der Waals surface area contributed by atoms with Crippen molar-refractivity contribution < 1.29 is 9.18 Å². The van der Waals surface area contributed by atoms with Crippen LogP contribution in [0.1, 0.15) is 47.8 Å². The van der Waals surface area contributed by atoms with Crippen molar-refractivity contribution in [3.05, 3.63) is 62.9 Å². The molecule has 4 N–H and O–H groups in total. The van der Waals surface area contributed by atoms with Crippen molar-refractivity contribution in [2.45, 2.75) is 32.4 Å². The third kappa shape index (κ3) is 4.89. The third-order valence-electron chi connectivity index (χ3n) is 5.27. The van der Waals surface area contributed by atoms with Crippen LogP contribution in [-0.2, 0) is 0 Å². The number of carbonyl (C=O) groups is 1. The number of benzene rings is 2. The lowest BCUT2D eigenvalue weighted by Crippen LogP contribution is -2.29. The second kappa shape index (κ2) is 8.69. The Hall–Kier alpha value is -2.15. The van der Waals surface area contributed by atoms with Crippen LogP contribution in [0, 0.1) is 11.2 Å². The van der Waals surface area contributed by atoms with Gasteiger partial charge in [0.15, 0.2) is 0 Å². The van der Waals surface area contributed by atoms with E-state index in [1.165, 1.54) is 12.1 Å². The lowest BCUT2D eigenvalue weighted by atomic mass is 10.0. The maximum absolute atomic E-state index is 14.3. The van der Waals surface area contributed by atoms with Crippen LogP contribution < -0.4 is 11.1 Å². The first-order valence-electron chi connectivity index (χ1n) is 9.31. The van der Waals surface area contributed by atoms with E-state index >= 15 is 0 Å². The zero-order valence-electron chi connectivity index (χ0n) is 16.2. The van der Waals surface area contributed by atoms with Crippen LogP contribution in [0.5, 0.6) is 0 Å². The first kappa shape index (κ1) is 21.6. The van der Waals surface area contributed by atoms with Crippen molar-refractivity contribution in [3.8, 4) is 0 Å². The second-order valence-corrected chi connectivity index (χ2v) is 8.24. The highest BCUT2D eigenvalue weighted by atomic mass is 35.5. The Morgan fingerprint density at radius 2 is 1.90 bits per heavy atom. The van der Waals surface area contributed by atoms with Gasteiger partial charge in [-0.25, -0.2) is 4.39 Å². The largest absolute Gasteiger partial charge is 0.380 e. The number of nitrogens with zero attached hydrogens (tertiary/aromatic N) is 1. The summed E-state index contributed by atoms with van der Waals surface area (Å²) in [5.41, 5.74) is 7.24. The number of nitrogens with one attached hydrogen (secondary N) is 2. The smallest absolute Gasteiger partial charge is 0.251 e. The fourth-order valence-corrected chi connectivity index (χ4v) is 4.24. The van der Waals surface area contributed by atoms with Gasteiger partial charge in [0, 0.05) is 52.2 Å². The molecule has 29 heavy (non-hydrogen) atoms. The van der Waals surface area contributed by atoms with E-state index in [9.17, 15) is 9.18 Å². The fraction of sp³-hybridized carbons (Fsp3) is 0.333. The summed E-state index contributed by atoms with van der Waals surface area (Å²) in [5.74, 6) is -1.54. The average Bonchev–Trinajstić information content (AvgIpc) is 3.08. The molecule has 0 radical (unpaired) electrons. The Kier molecular flexibility index (Phi) is 6.46. The van der Waals surface area contributed by atoms with Crippen molar-refractivity contribution in [2.75, 3.05) is 18.4 Å². The Labute approximate surface area is 179 Å². The molecule has 1 amide bonds. The molecule has 0 saturated carbocycles. The van der Waals surface area contributed by atoms with Crippen LogP contribution >= 0.6 is 23.2 Å². The Balaban J connectivity index is 1.76. The van der Waals surface area contributed by atoms with Gasteiger partial charge in [-0.1, -0.05) is 23.2 Å². The topological polar surface area (TPSA) is 82.2 Å². The maximum atomic E-state index is 14.3. The molecule has 2 aromatic rings. The molecule has 2 aromatic carbocycles. The molecule has 0 spiro atoms. The first-order valence-corrected chi connectivity index (χ1v) is 10.1. The molecular weight excluding hydrogens is 414 g/mol. The van der Waals surface area contributed by atoms with Crippen LogP contribution in [0.4, 0.5) is 10.1 Å². The van der Waals surface area contributed by atoms with Crippen molar-refractivity contribution in [1.82, 2.24) is 4.90 Å². The summed E-state index contributed by atoms with van der Waals surface area (Å²) in [5, 5.41) is 12.5. The van der Waals surface area contributed by atoms with Gasteiger partial charge in [-0.2, -0.15) is 0 Å². The van der Waals surface area contributed by atoms with Crippen molar-refractivity contribution in [3.63, 3.8) is 0 Å². The molecule has 3 rings (SSSR count). The molecule has 5 nitrogen and oxygen atoms in total.